The Morgan fingerprint density at radius 1 is 1.00 bits per heavy atom. The van der Waals surface area contributed by atoms with Gasteiger partial charge in [0.05, 0.1) is 13.7 Å². The summed E-state index contributed by atoms with van der Waals surface area (Å²) < 4.78 is 17.6. The number of carbonyl (C=O) groups is 1. The van der Waals surface area contributed by atoms with Gasteiger partial charge < -0.3 is 14.2 Å². The van der Waals surface area contributed by atoms with E-state index in [1.54, 1.807) is 19.2 Å². The molecule has 0 saturated heterocycles. The van der Waals surface area contributed by atoms with Crippen molar-refractivity contribution in [1.29, 1.82) is 0 Å². The van der Waals surface area contributed by atoms with Crippen molar-refractivity contribution in [3.8, 4) is 23.0 Å². The van der Waals surface area contributed by atoms with Crippen LogP contribution in [0.4, 0.5) is 0 Å². The van der Waals surface area contributed by atoms with Crippen molar-refractivity contribution < 1.29 is 19.0 Å². The number of hydrogen-bond acceptors (Lipinski definition) is 4. The molecule has 0 N–H and O–H groups in total. The van der Waals surface area contributed by atoms with Crippen LogP contribution in [-0.2, 0) is 11.8 Å². The molecule has 0 heterocycles. The van der Waals surface area contributed by atoms with E-state index in [2.05, 4.69) is 39.8 Å². The van der Waals surface area contributed by atoms with Crippen LogP contribution < -0.4 is 14.2 Å². The molecule has 4 nitrogen and oxygen atoms in total. The quantitative estimate of drug-likeness (QED) is 0.539. The molecule has 4 heteroatoms. The summed E-state index contributed by atoms with van der Waals surface area (Å²) in [5.74, 6) is 2.25. The molecule has 0 amide bonds. The lowest BCUT2D eigenvalue weighted by Crippen LogP contribution is -2.13. The molecule has 0 bridgehead atoms. The number of aldehydes is 1. The van der Waals surface area contributed by atoms with Crippen LogP contribution in [0.15, 0.2) is 30.3 Å². The lowest BCUT2D eigenvalue weighted by Gasteiger charge is -2.24. The summed E-state index contributed by atoms with van der Waals surface area (Å²) in [6.07, 6.45) is 2.60. The lowest BCUT2D eigenvalue weighted by atomic mass is 9.85. The summed E-state index contributed by atoms with van der Waals surface area (Å²) in [5.41, 5.74) is 2.76. The zero-order valence-electron chi connectivity index (χ0n) is 17.2. The van der Waals surface area contributed by atoms with Crippen LogP contribution in [-0.4, -0.2) is 20.0 Å². The third-order valence-electron chi connectivity index (χ3n) is 4.33. The van der Waals surface area contributed by atoms with Crippen LogP contribution >= 0.6 is 0 Å². The van der Waals surface area contributed by atoms with E-state index in [1.165, 1.54) is 5.56 Å². The minimum atomic E-state index is -0.0860. The lowest BCUT2D eigenvalue weighted by molar-refractivity contribution is 0.112. The smallest absolute Gasteiger partial charge is 0.204 e. The molecule has 0 atom stereocenters. The molecule has 0 aliphatic rings. The monoisotopic (exact) mass is 370 g/mol. The van der Waals surface area contributed by atoms with Gasteiger partial charge in [-0.3, -0.25) is 4.79 Å². The predicted octanol–water partition coefficient (Wildman–Crippen LogP) is 5.95. The molecule has 0 unspecified atom stereocenters. The van der Waals surface area contributed by atoms with Gasteiger partial charge in [0.15, 0.2) is 11.5 Å². The number of ether oxygens (including phenoxy) is 3. The van der Waals surface area contributed by atoms with Crippen molar-refractivity contribution >= 4 is 6.29 Å². The van der Waals surface area contributed by atoms with Gasteiger partial charge in [0.2, 0.25) is 5.75 Å². The van der Waals surface area contributed by atoms with Gasteiger partial charge in [0.1, 0.15) is 12.0 Å². The van der Waals surface area contributed by atoms with E-state index in [4.69, 9.17) is 14.2 Å². The van der Waals surface area contributed by atoms with Crippen molar-refractivity contribution in [3.63, 3.8) is 0 Å². The van der Waals surface area contributed by atoms with E-state index in [0.717, 1.165) is 30.4 Å². The average Bonchev–Trinajstić information content (AvgIpc) is 2.65. The minimum Gasteiger partial charge on any atom is -0.493 e. The molecular weight excluding hydrogens is 340 g/mol. The first-order valence-electron chi connectivity index (χ1n) is 9.45. The first-order valence-corrected chi connectivity index (χ1v) is 9.45. The summed E-state index contributed by atoms with van der Waals surface area (Å²) in [7, 11) is 1.56. The maximum absolute atomic E-state index is 11.4. The maximum Gasteiger partial charge on any atom is 0.204 e. The molecule has 2 aromatic carbocycles. The molecule has 27 heavy (non-hydrogen) atoms. The van der Waals surface area contributed by atoms with Gasteiger partial charge in [-0.25, -0.2) is 0 Å². The molecule has 0 aromatic heterocycles. The van der Waals surface area contributed by atoms with Crippen molar-refractivity contribution in [2.24, 2.45) is 0 Å². The highest BCUT2D eigenvalue weighted by Gasteiger charge is 2.22. The van der Waals surface area contributed by atoms with Crippen LogP contribution in [0.5, 0.6) is 23.0 Å². The number of rotatable bonds is 8. The second kappa shape index (κ2) is 8.94. The normalized spacial score (nSPS) is 11.2. The van der Waals surface area contributed by atoms with Crippen molar-refractivity contribution in [3.05, 3.63) is 47.0 Å². The van der Waals surface area contributed by atoms with Gasteiger partial charge in [-0.1, -0.05) is 46.8 Å². The fourth-order valence-electron chi connectivity index (χ4n) is 2.83. The molecule has 2 rings (SSSR count). The number of hydrogen-bond donors (Lipinski definition) is 0. The molecule has 0 radical (unpaired) electrons. The van der Waals surface area contributed by atoms with Crippen molar-refractivity contribution in [1.82, 2.24) is 0 Å². The van der Waals surface area contributed by atoms with Gasteiger partial charge in [-0.05, 0) is 42.0 Å². The highest BCUT2D eigenvalue weighted by Crippen LogP contribution is 2.43. The first kappa shape index (κ1) is 20.8. The Hall–Kier alpha value is -2.49. The van der Waals surface area contributed by atoms with E-state index < -0.39 is 0 Å². The summed E-state index contributed by atoms with van der Waals surface area (Å²) in [6, 6.07) is 9.60. The standard InChI is InChI=1S/C23H30O4/c1-7-11-26-22-20(25-6)13-17(15-24)14-21(22)27-19-10-9-16(8-2)12-18(19)23(3,4)5/h9-10,12-15H,7-8,11H2,1-6H3. The largest absolute Gasteiger partial charge is 0.493 e. The zero-order chi connectivity index (χ0) is 20.0. The van der Waals surface area contributed by atoms with Gasteiger partial charge in [0, 0.05) is 11.1 Å². The molecule has 2 aromatic rings. The topological polar surface area (TPSA) is 44.8 Å². The third kappa shape index (κ3) is 5.03. The summed E-state index contributed by atoms with van der Waals surface area (Å²) >= 11 is 0. The molecule has 0 spiro atoms. The molecule has 0 aliphatic carbocycles. The van der Waals surface area contributed by atoms with Crippen molar-refractivity contribution in [2.45, 2.75) is 52.9 Å². The number of benzene rings is 2. The second-order valence-electron chi connectivity index (χ2n) is 7.55. The van der Waals surface area contributed by atoms with Gasteiger partial charge in [-0.15, -0.1) is 0 Å². The first-order chi connectivity index (χ1) is 12.8. The predicted molar refractivity (Wildman–Crippen MR) is 109 cm³/mol. The number of aryl methyl sites for hydroxylation is 1. The molecule has 146 valence electrons. The van der Waals surface area contributed by atoms with E-state index in [0.29, 0.717) is 29.4 Å². The molecule has 0 saturated carbocycles. The van der Waals surface area contributed by atoms with Crippen LogP contribution in [0.1, 0.15) is 62.5 Å². The van der Waals surface area contributed by atoms with Gasteiger partial charge >= 0.3 is 0 Å². The fraction of sp³-hybridized carbons (Fsp3) is 0.435. The average molecular weight is 370 g/mol. The summed E-state index contributed by atoms with van der Waals surface area (Å²) in [4.78, 5) is 11.4. The van der Waals surface area contributed by atoms with Crippen LogP contribution in [0.3, 0.4) is 0 Å². The van der Waals surface area contributed by atoms with E-state index >= 15 is 0 Å². The highest BCUT2D eigenvalue weighted by molar-refractivity contribution is 5.78. The second-order valence-corrected chi connectivity index (χ2v) is 7.55. The van der Waals surface area contributed by atoms with E-state index in [-0.39, 0.29) is 5.41 Å². The summed E-state index contributed by atoms with van der Waals surface area (Å²) in [5, 5.41) is 0. The van der Waals surface area contributed by atoms with E-state index in [1.807, 2.05) is 13.0 Å². The zero-order valence-corrected chi connectivity index (χ0v) is 17.2. The Bertz CT molecular complexity index is 788. The Morgan fingerprint density at radius 3 is 2.26 bits per heavy atom. The minimum absolute atomic E-state index is 0.0860. The summed E-state index contributed by atoms with van der Waals surface area (Å²) in [6.45, 7) is 11.2. The van der Waals surface area contributed by atoms with Crippen LogP contribution in [0, 0.1) is 0 Å². The Kier molecular flexibility index (Phi) is 6.89. The SMILES string of the molecule is CCCOc1c(OC)cc(C=O)cc1Oc1ccc(CC)cc1C(C)(C)C. The highest BCUT2D eigenvalue weighted by atomic mass is 16.5. The van der Waals surface area contributed by atoms with Gasteiger partial charge in [-0.2, -0.15) is 0 Å². The van der Waals surface area contributed by atoms with Crippen LogP contribution in [0.25, 0.3) is 0 Å². The van der Waals surface area contributed by atoms with Crippen molar-refractivity contribution in [2.75, 3.05) is 13.7 Å². The Balaban J connectivity index is 2.57. The van der Waals surface area contributed by atoms with E-state index in [9.17, 15) is 4.79 Å². The number of carbonyl (C=O) groups excluding carboxylic acids is 1. The third-order valence-corrected chi connectivity index (χ3v) is 4.33. The number of methoxy groups -OCH3 is 1. The molecule has 0 fully saturated rings. The Morgan fingerprint density at radius 2 is 1.70 bits per heavy atom. The van der Waals surface area contributed by atoms with Crippen LogP contribution in [0.2, 0.25) is 0 Å². The maximum atomic E-state index is 11.4. The fourth-order valence-corrected chi connectivity index (χ4v) is 2.83. The Labute approximate surface area is 162 Å². The molecule has 0 aliphatic heterocycles. The molecular formula is C23H30O4. The van der Waals surface area contributed by atoms with Gasteiger partial charge in [0.25, 0.3) is 0 Å².